The Bertz CT molecular complexity index is 864. The van der Waals surface area contributed by atoms with Gasteiger partial charge in [0.25, 0.3) is 0 Å². The Balaban J connectivity index is 1.53. The molecule has 1 atom stereocenters. The second-order valence-corrected chi connectivity index (χ2v) is 7.55. The Hall–Kier alpha value is -2.45. The fraction of sp³-hybridized carbons (Fsp3) is 0.250. The monoisotopic (exact) mass is 409 g/mol. The predicted octanol–water partition coefficient (Wildman–Crippen LogP) is 5.14. The van der Waals surface area contributed by atoms with Crippen molar-refractivity contribution in [2.45, 2.75) is 18.2 Å². The molecule has 1 heterocycles. The minimum absolute atomic E-state index is 0.101. The number of hydrogen-bond donors (Lipinski definition) is 1. The molecule has 0 aromatic heterocycles. The fourth-order valence-electron chi connectivity index (χ4n) is 2.78. The number of aromatic carboxylic acids is 1. The SMILES string of the molecule is CN1C=C(COCc2ccc(C(=O)O)cc2)SC1c1ccc(C(F)(F)F)cc1. The number of carbonyl (C=O) groups is 1. The van der Waals surface area contributed by atoms with Gasteiger partial charge in [-0.25, -0.2) is 4.79 Å². The molecule has 0 amide bonds. The van der Waals surface area contributed by atoms with Crippen LogP contribution >= 0.6 is 11.8 Å². The molecule has 148 valence electrons. The molecule has 1 aliphatic heterocycles. The van der Waals surface area contributed by atoms with Crippen molar-refractivity contribution >= 4 is 17.7 Å². The van der Waals surface area contributed by atoms with Crippen molar-refractivity contribution < 1.29 is 27.8 Å². The third-order valence-corrected chi connectivity index (χ3v) is 5.57. The van der Waals surface area contributed by atoms with Crippen LogP contribution in [0, 0.1) is 0 Å². The van der Waals surface area contributed by atoms with Crippen LogP contribution in [0.15, 0.2) is 59.6 Å². The summed E-state index contributed by atoms with van der Waals surface area (Å²) in [5, 5.41) is 8.79. The van der Waals surface area contributed by atoms with Crippen LogP contribution in [0.1, 0.15) is 32.4 Å². The number of benzene rings is 2. The molecule has 0 aliphatic carbocycles. The highest BCUT2D eigenvalue weighted by molar-refractivity contribution is 8.03. The zero-order valence-electron chi connectivity index (χ0n) is 14.9. The average Bonchev–Trinajstić information content (AvgIpc) is 3.02. The van der Waals surface area contributed by atoms with Gasteiger partial charge >= 0.3 is 12.1 Å². The summed E-state index contributed by atoms with van der Waals surface area (Å²) in [5.41, 5.74) is 1.21. The highest BCUT2D eigenvalue weighted by Gasteiger charge is 2.31. The standard InChI is InChI=1S/C20H18F3NO3S/c1-24-10-17(12-27-11-13-2-4-15(5-3-13)19(25)26)28-18(24)14-6-8-16(9-7-14)20(21,22)23/h2-10,18H,11-12H2,1H3,(H,25,26). The van der Waals surface area contributed by atoms with E-state index in [4.69, 9.17) is 9.84 Å². The quantitative estimate of drug-likeness (QED) is 0.716. The van der Waals surface area contributed by atoms with Gasteiger partial charge in [-0.15, -0.1) is 0 Å². The van der Waals surface area contributed by atoms with Gasteiger partial charge in [0.2, 0.25) is 0 Å². The van der Waals surface area contributed by atoms with Crippen molar-refractivity contribution in [1.29, 1.82) is 0 Å². The summed E-state index contributed by atoms with van der Waals surface area (Å²) in [6.07, 6.45) is -2.42. The topological polar surface area (TPSA) is 49.8 Å². The Kier molecular flexibility index (Phi) is 6.00. The summed E-state index contributed by atoms with van der Waals surface area (Å²) < 4.78 is 43.8. The Labute approximate surface area is 164 Å². The third kappa shape index (κ3) is 4.88. The van der Waals surface area contributed by atoms with Crippen molar-refractivity contribution in [2.75, 3.05) is 13.7 Å². The number of ether oxygens (including phenoxy) is 1. The van der Waals surface area contributed by atoms with Gasteiger partial charge in [-0.3, -0.25) is 0 Å². The lowest BCUT2D eigenvalue weighted by Crippen LogP contribution is -2.12. The molecule has 1 N–H and O–H groups in total. The van der Waals surface area contributed by atoms with Crippen molar-refractivity contribution in [3.05, 3.63) is 81.9 Å². The Morgan fingerprint density at radius 3 is 2.32 bits per heavy atom. The summed E-state index contributed by atoms with van der Waals surface area (Å²) in [5.74, 6) is -0.975. The lowest BCUT2D eigenvalue weighted by atomic mass is 10.1. The first kappa shape index (κ1) is 20.3. The molecule has 0 spiro atoms. The van der Waals surface area contributed by atoms with E-state index in [-0.39, 0.29) is 10.9 Å². The van der Waals surface area contributed by atoms with Crippen LogP contribution in [-0.2, 0) is 17.5 Å². The van der Waals surface area contributed by atoms with E-state index < -0.39 is 17.7 Å². The van der Waals surface area contributed by atoms with E-state index in [9.17, 15) is 18.0 Å². The maximum Gasteiger partial charge on any atom is 0.416 e. The highest BCUT2D eigenvalue weighted by Crippen LogP contribution is 2.43. The van der Waals surface area contributed by atoms with Crippen molar-refractivity contribution in [2.24, 2.45) is 0 Å². The molecule has 8 heteroatoms. The molecule has 2 aromatic rings. The zero-order chi connectivity index (χ0) is 20.3. The van der Waals surface area contributed by atoms with E-state index in [2.05, 4.69) is 0 Å². The number of thioether (sulfide) groups is 1. The van der Waals surface area contributed by atoms with Crippen LogP contribution in [0.3, 0.4) is 0 Å². The average molecular weight is 409 g/mol. The molecule has 0 fully saturated rings. The first-order valence-corrected chi connectivity index (χ1v) is 9.28. The van der Waals surface area contributed by atoms with Gasteiger partial charge in [-0.05, 0) is 35.4 Å². The lowest BCUT2D eigenvalue weighted by molar-refractivity contribution is -0.137. The van der Waals surface area contributed by atoms with E-state index in [1.54, 1.807) is 12.1 Å². The van der Waals surface area contributed by atoms with Gasteiger partial charge in [0.05, 0.1) is 24.3 Å². The number of rotatable bonds is 6. The second kappa shape index (κ2) is 8.28. The molecule has 0 saturated heterocycles. The molecule has 1 unspecified atom stereocenters. The Morgan fingerprint density at radius 1 is 1.11 bits per heavy atom. The number of carboxylic acids is 1. The first-order valence-electron chi connectivity index (χ1n) is 8.40. The van der Waals surface area contributed by atoms with E-state index in [0.29, 0.717) is 13.2 Å². The van der Waals surface area contributed by atoms with Crippen LogP contribution < -0.4 is 0 Å². The maximum atomic E-state index is 12.7. The largest absolute Gasteiger partial charge is 0.478 e. The van der Waals surface area contributed by atoms with Gasteiger partial charge in [0.1, 0.15) is 5.37 Å². The molecular formula is C20H18F3NO3S. The molecule has 2 aromatic carbocycles. The number of carboxylic acid groups (broad SMARTS) is 1. The highest BCUT2D eigenvalue weighted by atomic mass is 32.2. The van der Waals surface area contributed by atoms with Gasteiger partial charge in [-0.1, -0.05) is 36.0 Å². The van der Waals surface area contributed by atoms with Gasteiger partial charge in [0, 0.05) is 18.2 Å². The molecule has 3 rings (SSSR count). The van der Waals surface area contributed by atoms with Crippen LogP contribution in [-0.4, -0.2) is 29.6 Å². The molecule has 1 aliphatic rings. The summed E-state index contributed by atoms with van der Waals surface area (Å²) in [6, 6.07) is 11.7. The summed E-state index contributed by atoms with van der Waals surface area (Å²) in [7, 11) is 1.87. The normalized spacial score (nSPS) is 16.9. The van der Waals surface area contributed by atoms with E-state index in [1.165, 1.54) is 36.0 Å². The fourth-order valence-corrected chi connectivity index (χ4v) is 3.96. The van der Waals surface area contributed by atoms with Gasteiger partial charge in [0.15, 0.2) is 0 Å². The van der Waals surface area contributed by atoms with Crippen LogP contribution in [0.2, 0.25) is 0 Å². The minimum atomic E-state index is -4.34. The van der Waals surface area contributed by atoms with Crippen molar-refractivity contribution in [1.82, 2.24) is 4.90 Å². The maximum absolute atomic E-state index is 12.7. The molecular weight excluding hydrogens is 391 g/mol. The van der Waals surface area contributed by atoms with Gasteiger partial charge in [-0.2, -0.15) is 13.2 Å². The minimum Gasteiger partial charge on any atom is -0.478 e. The molecule has 0 saturated carbocycles. The van der Waals surface area contributed by atoms with Crippen LogP contribution in [0.5, 0.6) is 0 Å². The number of hydrogen-bond acceptors (Lipinski definition) is 4. The van der Waals surface area contributed by atoms with E-state index in [0.717, 1.165) is 28.2 Å². The summed E-state index contributed by atoms with van der Waals surface area (Å²) in [4.78, 5) is 13.7. The van der Waals surface area contributed by atoms with Crippen LogP contribution in [0.25, 0.3) is 0 Å². The van der Waals surface area contributed by atoms with Crippen molar-refractivity contribution in [3.63, 3.8) is 0 Å². The molecule has 0 radical (unpaired) electrons. The molecule has 28 heavy (non-hydrogen) atoms. The third-order valence-electron chi connectivity index (χ3n) is 4.22. The van der Waals surface area contributed by atoms with E-state index >= 15 is 0 Å². The zero-order valence-corrected chi connectivity index (χ0v) is 15.8. The van der Waals surface area contributed by atoms with Crippen LogP contribution in [0.4, 0.5) is 13.2 Å². The lowest BCUT2D eigenvalue weighted by Gasteiger charge is -2.20. The number of halogens is 3. The van der Waals surface area contributed by atoms with Crippen molar-refractivity contribution in [3.8, 4) is 0 Å². The Morgan fingerprint density at radius 2 is 1.75 bits per heavy atom. The first-order chi connectivity index (χ1) is 13.2. The summed E-state index contributed by atoms with van der Waals surface area (Å²) in [6.45, 7) is 0.708. The summed E-state index contributed by atoms with van der Waals surface area (Å²) >= 11 is 1.53. The molecule has 0 bridgehead atoms. The predicted molar refractivity (Wildman–Crippen MR) is 101 cm³/mol. The van der Waals surface area contributed by atoms with Gasteiger partial charge < -0.3 is 14.7 Å². The van der Waals surface area contributed by atoms with E-state index in [1.807, 2.05) is 18.1 Å². The second-order valence-electron chi connectivity index (χ2n) is 6.35. The number of nitrogens with zero attached hydrogens (tertiary/aromatic N) is 1. The smallest absolute Gasteiger partial charge is 0.416 e. The molecule has 4 nitrogen and oxygen atoms in total. The number of alkyl halides is 3.